The lowest BCUT2D eigenvalue weighted by Crippen LogP contribution is -2.42. The minimum absolute atomic E-state index is 0.160. The largest absolute Gasteiger partial charge is 0.374 e. The second-order valence-electron chi connectivity index (χ2n) is 8.09. The number of ether oxygens (including phenoxy) is 4. The Morgan fingerprint density at radius 3 is 2.13 bits per heavy atom. The summed E-state index contributed by atoms with van der Waals surface area (Å²) in [6.45, 7) is 1.57. The molecule has 0 amide bonds. The van der Waals surface area contributed by atoms with Crippen molar-refractivity contribution in [2.75, 3.05) is 6.61 Å². The van der Waals surface area contributed by atoms with Gasteiger partial charge in [0.05, 0.1) is 25.9 Å². The molecule has 4 heteroatoms. The molecule has 1 fully saturated rings. The topological polar surface area (TPSA) is 36.9 Å². The van der Waals surface area contributed by atoms with Crippen LogP contribution in [0.4, 0.5) is 0 Å². The predicted octanol–water partition coefficient (Wildman–Crippen LogP) is 5.42. The Balaban J connectivity index is 1.34. The Hall–Kier alpha value is -1.98. The third-order valence-corrected chi connectivity index (χ3v) is 5.69. The number of hydrogen-bond donors (Lipinski definition) is 0. The molecule has 2 aliphatic rings. The van der Waals surface area contributed by atoms with Gasteiger partial charge in [0, 0.05) is 0 Å². The molecule has 0 radical (unpaired) electrons. The van der Waals surface area contributed by atoms with Crippen LogP contribution in [0.3, 0.4) is 0 Å². The van der Waals surface area contributed by atoms with Crippen LogP contribution in [-0.2, 0) is 32.2 Å². The molecule has 0 bridgehead atoms. The summed E-state index contributed by atoms with van der Waals surface area (Å²) >= 11 is 0. The zero-order valence-electron chi connectivity index (χ0n) is 17.5. The average molecular weight is 409 g/mol. The van der Waals surface area contributed by atoms with Crippen LogP contribution in [0.2, 0.25) is 0 Å². The number of rotatable bonds is 9. The Bertz CT molecular complexity index is 755. The van der Waals surface area contributed by atoms with E-state index in [2.05, 4.69) is 30.3 Å². The van der Waals surface area contributed by atoms with E-state index in [4.69, 9.17) is 18.9 Å². The van der Waals surface area contributed by atoms with Crippen molar-refractivity contribution >= 4 is 0 Å². The lowest BCUT2D eigenvalue weighted by molar-refractivity contribution is -0.213. The van der Waals surface area contributed by atoms with Gasteiger partial charge in [-0.2, -0.15) is 0 Å². The van der Waals surface area contributed by atoms with E-state index in [1.54, 1.807) is 0 Å². The van der Waals surface area contributed by atoms with Crippen LogP contribution < -0.4 is 0 Å². The lowest BCUT2D eigenvalue weighted by Gasteiger charge is -2.34. The van der Waals surface area contributed by atoms with Crippen molar-refractivity contribution in [3.8, 4) is 0 Å². The molecule has 0 aromatic heterocycles. The third kappa shape index (κ3) is 6.51. The second-order valence-corrected chi connectivity index (χ2v) is 8.09. The Morgan fingerprint density at radius 2 is 1.43 bits per heavy atom. The van der Waals surface area contributed by atoms with Crippen LogP contribution in [0.15, 0.2) is 72.8 Å². The molecule has 1 saturated carbocycles. The van der Waals surface area contributed by atoms with Crippen LogP contribution in [0, 0.1) is 0 Å². The van der Waals surface area contributed by atoms with Crippen LogP contribution in [0.25, 0.3) is 0 Å². The van der Waals surface area contributed by atoms with E-state index in [0.29, 0.717) is 25.9 Å². The standard InChI is InChI=1S/C26H32O4/c1-4-10-21(11-5-1)18-27-20-25-24(28-19-22-12-6-2-7-13-22)16-17-26(30-25)29-23-14-8-3-9-15-23/h1-2,4-7,10-13,16-17,23-26H,3,8-9,14-15,18-20H2/t24-,25+,26-/m0/s1. The van der Waals surface area contributed by atoms with E-state index in [0.717, 1.165) is 24.0 Å². The summed E-state index contributed by atoms with van der Waals surface area (Å²) in [5.41, 5.74) is 2.30. The zero-order chi connectivity index (χ0) is 20.4. The molecule has 2 aromatic carbocycles. The van der Waals surface area contributed by atoms with E-state index in [9.17, 15) is 0 Å². The summed E-state index contributed by atoms with van der Waals surface area (Å²) in [4.78, 5) is 0. The molecule has 2 aromatic rings. The predicted molar refractivity (Wildman–Crippen MR) is 117 cm³/mol. The van der Waals surface area contributed by atoms with Gasteiger partial charge in [0.1, 0.15) is 12.2 Å². The molecule has 1 heterocycles. The van der Waals surface area contributed by atoms with Crippen molar-refractivity contribution in [1.82, 2.24) is 0 Å². The molecule has 160 valence electrons. The van der Waals surface area contributed by atoms with Crippen molar-refractivity contribution < 1.29 is 18.9 Å². The fourth-order valence-corrected chi connectivity index (χ4v) is 4.02. The van der Waals surface area contributed by atoms with E-state index in [-0.39, 0.29) is 18.5 Å². The smallest absolute Gasteiger partial charge is 0.177 e. The average Bonchev–Trinajstić information content (AvgIpc) is 2.81. The second kappa shape index (κ2) is 11.4. The Kier molecular flexibility index (Phi) is 8.09. The quantitative estimate of drug-likeness (QED) is 0.519. The third-order valence-electron chi connectivity index (χ3n) is 5.69. The van der Waals surface area contributed by atoms with Gasteiger partial charge >= 0.3 is 0 Å². The molecule has 30 heavy (non-hydrogen) atoms. The summed E-state index contributed by atoms with van der Waals surface area (Å²) in [5, 5.41) is 0. The molecule has 1 aliphatic heterocycles. The SMILES string of the molecule is C1=C[C@H](OCc2ccccc2)[C@@H](COCc2ccccc2)O[C@@H]1OC1CCCCC1. The lowest BCUT2D eigenvalue weighted by atomic mass is 9.98. The molecular formula is C26H32O4. The molecule has 4 rings (SSSR count). The van der Waals surface area contributed by atoms with Crippen LogP contribution in [-0.4, -0.2) is 31.2 Å². The van der Waals surface area contributed by atoms with E-state index < -0.39 is 0 Å². The van der Waals surface area contributed by atoms with Gasteiger partial charge in [0.2, 0.25) is 0 Å². The first-order valence-electron chi connectivity index (χ1n) is 11.1. The van der Waals surface area contributed by atoms with Gasteiger partial charge in [-0.25, -0.2) is 0 Å². The summed E-state index contributed by atoms with van der Waals surface area (Å²) in [5.74, 6) is 0. The normalized spacial score (nSPS) is 24.7. The number of hydrogen-bond acceptors (Lipinski definition) is 4. The minimum atomic E-state index is -0.324. The molecule has 4 nitrogen and oxygen atoms in total. The van der Waals surface area contributed by atoms with Gasteiger partial charge in [-0.3, -0.25) is 0 Å². The van der Waals surface area contributed by atoms with Gasteiger partial charge in [0.25, 0.3) is 0 Å². The first-order chi connectivity index (χ1) is 14.9. The van der Waals surface area contributed by atoms with Crippen molar-refractivity contribution in [3.63, 3.8) is 0 Å². The maximum Gasteiger partial charge on any atom is 0.177 e. The van der Waals surface area contributed by atoms with Gasteiger partial charge < -0.3 is 18.9 Å². The van der Waals surface area contributed by atoms with Crippen molar-refractivity contribution in [2.45, 2.75) is 69.9 Å². The fourth-order valence-electron chi connectivity index (χ4n) is 4.02. The van der Waals surface area contributed by atoms with Crippen molar-refractivity contribution in [1.29, 1.82) is 0 Å². The van der Waals surface area contributed by atoms with Gasteiger partial charge in [-0.15, -0.1) is 0 Å². The van der Waals surface area contributed by atoms with E-state index in [1.165, 1.54) is 19.3 Å². The Labute approximate surface area is 179 Å². The van der Waals surface area contributed by atoms with Gasteiger partial charge in [-0.05, 0) is 30.0 Å². The fraction of sp³-hybridized carbons (Fsp3) is 0.462. The summed E-state index contributed by atoms with van der Waals surface area (Å²) in [7, 11) is 0. The zero-order valence-corrected chi connectivity index (χ0v) is 17.5. The van der Waals surface area contributed by atoms with Crippen molar-refractivity contribution in [2.24, 2.45) is 0 Å². The molecular weight excluding hydrogens is 376 g/mol. The van der Waals surface area contributed by atoms with Crippen LogP contribution >= 0.6 is 0 Å². The summed E-state index contributed by atoms with van der Waals surface area (Å²) in [6, 6.07) is 20.4. The molecule has 0 unspecified atom stereocenters. The monoisotopic (exact) mass is 408 g/mol. The molecule has 0 spiro atoms. The van der Waals surface area contributed by atoms with Crippen molar-refractivity contribution in [3.05, 3.63) is 83.9 Å². The Morgan fingerprint density at radius 1 is 0.767 bits per heavy atom. The van der Waals surface area contributed by atoms with Gasteiger partial charge in [-0.1, -0.05) is 86.0 Å². The van der Waals surface area contributed by atoms with Crippen LogP contribution in [0.1, 0.15) is 43.2 Å². The maximum atomic E-state index is 6.27. The highest BCUT2D eigenvalue weighted by molar-refractivity contribution is 5.14. The first kappa shape index (κ1) is 21.3. The highest BCUT2D eigenvalue weighted by Crippen LogP contribution is 2.25. The molecule has 0 saturated heterocycles. The molecule has 1 aliphatic carbocycles. The molecule has 3 atom stereocenters. The summed E-state index contributed by atoms with van der Waals surface area (Å²) < 4.78 is 24.6. The highest BCUT2D eigenvalue weighted by Gasteiger charge is 2.30. The van der Waals surface area contributed by atoms with Gasteiger partial charge in [0.15, 0.2) is 6.29 Å². The number of benzene rings is 2. The summed E-state index contributed by atoms with van der Waals surface area (Å²) in [6.07, 6.45) is 9.73. The molecule has 0 N–H and O–H groups in total. The van der Waals surface area contributed by atoms with Crippen LogP contribution in [0.5, 0.6) is 0 Å². The first-order valence-corrected chi connectivity index (χ1v) is 11.1. The highest BCUT2D eigenvalue weighted by atomic mass is 16.7. The van der Waals surface area contributed by atoms with E-state index >= 15 is 0 Å². The van der Waals surface area contributed by atoms with E-state index in [1.807, 2.05) is 42.5 Å². The minimum Gasteiger partial charge on any atom is -0.374 e. The maximum absolute atomic E-state index is 6.27.